The average molecular weight is 317 g/mol. The Morgan fingerprint density at radius 3 is 2.57 bits per heavy atom. The summed E-state index contributed by atoms with van der Waals surface area (Å²) < 4.78 is 27.1. The predicted molar refractivity (Wildman–Crippen MR) is 79.5 cm³/mol. The smallest absolute Gasteiger partial charge is 0.267 e. The Hall–Kier alpha value is -1.38. The topological polar surface area (TPSA) is 100 Å². The van der Waals surface area contributed by atoms with E-state index in [9.17, 15) is 13.2 Å². The third-order valence-corrected chi connectivity index (χ3v) is 4.69. The van der Waals surface area contributed by atoms with Crippen LogP contribution in [0.5, 0.6) is 0 Å². The zero-order valence-corrected chi connectivity index (χ0v) is 13.6. The second-order valence-corrected chi connectivity index (χ2v) is 7.59. The molecule has 0 saturated carbocycles. The Bertz CT molecular complexity index is 605. The number of nitrogens with one attached hydrogen (secondary N) is 2. The van der Waals surface area contributed by atoms with Crippen LogP contribution in [0, 0.1) is 5.41 Å². The number of amides is 1. The fraction of sp³-hybridized carbons (Fsp3) is 0.615. The Morgan fingerprint density at radius 2 is 2.05 bits per heavy atom. The highest BCUT2D eigenvalue weighted by Crippen LogP contribution is 2.19. The average Bonchev–Trinajstić information content (AvgIpc) is 2.79. The van der Waals surface area contributed by atoms with Gasteiger partial charge < -0.3 is 15.0 Å². The van der Waals surface area contributed by atoms with Crippen molar-refractivity contribution in [2.45, 2.75) is 25.2 Å². The predicted octanol–water partition coefficient (Wildman–Crippen LogP) is 0.0716. The number of aliphatic hydroxyl groups is 1. The van der Waals surface area contributed by atoms with Gasteiger partial charge in [-0.3, -0.25) is 4.79 Å². The van der Waals surface area contributed by atoms with E-state index < -0.39 is 10.0 Å². The zero-order valence-electron chi connectivity index (χ0n) is 12.8. The summed E-state index contributed by atoms with van der Waals surface area (Å²) in [6, 6.07) is 1.33. The number of aromatic nitrogens is 1. The van der Waals surface area contributed by atoms with Gasteiger partial charge in [0.2, 0.25) is 10.0 Å². The van der Waals surface area contributed by atoms with Crippen molar-refractivity contribution in [2.24, 2.45) is 12.5 Å². The van der Waals surface area contributed by atoms with Crippen molar-refractivity contribution in [2.75, 3.05) is 20.2 Å². The molecule has 0 aromatic carbocycles. The van der Waals surface area contributed by atoms with Gasteiger partial charge >= 0.3 is 0 Å². The van der Waals surface area contributed by atoms with Gasteiger partial charge in [0.25, 0.3) is 5.91 Å². The van der Waals surface area contributed by atoms with Gasteiger partial charge in [-0.2, -0.15) is 0 Å². The lowest BCUT2D eigenvalue weighted by Gasteiger charge is -2.23. The molecule has 0 spiro atoms. The highest BCUT2D eigenvalue weighted by atomic mass is 32.2. The summed E-state index contributed by atoms with van der Waals surface area (Å²) >= 11 is 0. The first kappa shape index (κ1) is 17.7. The number of carbonyl (C=O) groups is 1. The number of carbonyl (C=O) groups excluding carboxylic acids is 1. The summed E-state index contributed by atoms with van der Waals surface area (Å²) in [6.07, 6.45) is 1.96. The van der Waals surface area contributed by atoms with E-state index >= 15 is 0 Å². The Morgan fingerprint density at radius 1 is 1.43 bits per heavy atom. The number of hydrogen-bond acceptors (Lipinski definition) is 4. The second kappa shape index (κ2) is 6.59. The number of aryl methyl sites for hydroxylation is 1. The molecule has 0 bridgehead atoms. The van der Waals surface area contributed by atoms with Crippen molar-refractivity contribution in [1.82, 2.24) is 14.6 Å². The van der Waals surface area contributed by atoms with Crippen molar-refractivity contribution in [3.05, 3.63) is 18.0 Å². The van der Waals surface area contributed by atoms with Crippen molar-refractivity contribution < 1.29 is 18.3 Å². The van der Waals surface area contributed by atoms with Gasteiger partial charge in [-0.05, 0) is 24.9 Å². The highest BCUT2D eigenvalue weighted by Gasteiger charge is 2.22. The quantitative estimate of drug-likeness (QED) is 0.662. The number of rotatable bonds is 7. The Balaban J connectivity index is 2.85. The fourth-order valence-corrected chi connectivity index (χ4v) is 2.63. The standard InChI is InChI=1S/C13H23N3O4S/c1-13(2,5-6-17)9-15-12(18)11-7-10(8-16(11)4)21(19,20)14-3/h7-8,14,17H,5-6,9H2,1-4H3,(H,15,18). The van der Waals surface area contributed by atoms with Gasteiger partial charge in [0.15, 0.2) is 0 Å². The zero-order chi connectivity index (χ0) is 16.3. The highest BCUT2D eigenvalue weighted by molar-refractivity contribution is 7.89. The van der Waals surface area contributed by atoms with Crippen LogP contribution in [0.1, 0.15) is 30.8 Å². The molecule has 0 saturated heterocycles. The lowest BCUT2D eigenvalue weighted by Crippen LogP contribution is -2.35. The molecular weight excluding hydrogens is 294 g/mol. The van der Waals surface area contributed by atoms with E-state index in [1.165, 1.54) is 23.9 Å². The molecule has 0 aliphatic carbocycles. The molecule has 7 nitrogen and oxygen atoms in total. The van der Waals surface area contributed by atoms with E-state index in [4.69, 9.17) is 5.11 Å². The van der Waals surface area contributed by atoms with Gasteiger partial charge in [0, 0.05) is 26.4 Å². The molecule has 0 radical (unpaired) electrons. The molecule has 1 amide bonds. The van der Waals surface area contributed by atoms with E-state index in [0.717, 1.165) is 0 Å². The SMILES string of the molecule is CNS(=O)(=O)c1cc(C(=O)NCC(C)(C)CCO)n(C)c1. The molecule has 21 heavy (non-hydrogen) atoms. The third-order valence-electron chi connectivity index (χ3n) is 3.31. The molecule has 0 aliphatic rings. The molecule has 1 heterocycles. The lowest BCUT2D eigenvalue weighted by molar-refractivity contribution is 0.0920. The molecule has 0 unspecified atom stereocenters. The van der Waals surface area contributed by atoms with E-state index in [1.807, 2.05) is 13.8 Å². The minimum absolute atomic E-state index is 0.0484. The van der Waals surface area contributed by atoms with Crippen LogP contribution in [-0.2, 0) is 17.1 Å². The van der Waals surface area contributed by atoms with Gasteiger partial charge in [-0.25, -0.2) is 13.1 Å². The molecule has 120 valence electrons. The van der Waals surface area contributed by atoms with Crippen LogP contribution >= 0.6 is 0 Å². The third kappa shape index (κ3) is 4.55. The van der Waals surface area contributed by atoms with Crippen LogP contribution in [0.2, 0.25) is 0 Å². The van der Waals surface area contributed by atoms with Gasteiger partial charge in [-0.1, -0.05) is 13.8 Å². The molecule has 3 N–H and O–H groups in total. The molecule has 1 aromatic heterocycles. The van der Waals surface area contributed by atoms with E-state index in [0.29, 0.717) is 13.0 Å². The van der Waals surface area contributed by atoms with Crippen molar-refractivity contribution >= 4 is 15.9 Å². The second-order valence-electron chi connectivity index (χ2n) is 5.70. The fourth-order valence-electron chi connectivity index (χ4n) is 1.83. The van der Waals surface area contributed by atoms with Crippen LogP contribution in [0.25, 0.3) is 0 Å². The maximum atomic E-state index is 12.1. The summed E-state index contributed by atoms with van der Waals surface area (Å²) in [5, 5.41) is 11.7. The number of aliphatic hydroxyl groups excluding tert-OH is 1. The van der Waals surface area contributed by atoms with Gasteiger partial charge in [0.05, 0.1) is 0 Å². The molecule has 1 rings (SSSR count). The summed E-state index contributed by atoms with van der Waals surface area (Å²) in [7, 11) is -0.637. The monoisotopic (exact) mass is 317 g/mol. The molecule has 1 aromatic rings. The van der Waals surface area contributed by atoms with E-state index in [2.05, 4.69) is 10.0 Å². The van der Waals surface area contributed by atoms with Crippen LogP contribution in [0.4, 0.5) is 0 Å². The van der Waals surface area contributed by atoms with Crippen LogP contribution in [0.3, 0.4) is 0 Å². The molecule has 0 atom stereocenters. The van der Waals surface area contributed by atoms with Crippen LogP contribution < -0.4 is 10.0 Å². The summed E-state index contributed by atoms with van der Waals surface area (Å²) in [6.45, 7) is 4.32. The van der Waals surface area contributed by atoms with Crippen molar-refractivity contribution in [1.29, 1.82) is 0 Å². The van der Waals surface area contributed by atoms with Crippen molar-refractivity contribution in [3.63, 3.8) is 0 Å². The summed E-state index contributed by atoms with van der Waals surface area (Å²) in [5.74, 6) is -0.346. The molecule has 0 fully saturated rings. The lowest BCUT2D eigenvalue weighted by atomic mass is 9.90. The largest absolute Gasteiger partial charge is 0.396 e. The first-order valence-corrected chi connectivity index (χ1v) is 8.10. The molecule has 8 heteroatoms. The Kier molecular flexibility index (Phi) is 5.54. The molecular formula is C13H23N3O4S. The Labute approximate surface area is 125 Å². The van der Waals surface area contributed by atoms with E-state index in [-0.39, 0.29) is 28.5 Å². The molecule has 0 aliphatic heterocycles. The first-order valence-electron chi connectivity index (χ1n) is 6.62. The minimum Gasteiger partial charge on any atom is -0.396 e. The van der Waals surface area contributed by atoms with Crippen LogP contribution in [-0.4, -0.2) is 44.2 Å². The minimum atomic E-state index is -3.57. The maximum absolute atomic E-state index is 12.1. The first-order chi connectivity index (χ1) is 9.63. The summed E-state index contributed by atoms with van der Waals surface area (Å²) in [4.78, 5) is 12.2. The maximum Gasteiger partial charge on any atom is 0.267 e. The van der Waals surface area contributed by atoms with Crippen molar-refractivity contribution in [3.8, 4) is 0 Å². The van der Waals surface area contributed by atoms with Crippen LogP contribution in [0.15, 0.2) is 17.2 Å². The van der Waals surface area contributed by atoms with Gasteiger partial charge in [-0.15, -0.1) is 0 Å². The normalized spacial score (nSPS) is 12.4. The van der Waals surface area contributed by atoms with E-state index in [1.54, 1.807) is 7.05 Å². The number of sulfonamides is 1. The van der Waals surface area contributed by atoms with Gasteiger partial charge in [0.1, 0.15) is 10.6 Å². The number of hydrogen-bond donors (Lipinski definition) is 3. The number of nitrogens with zero attached hydrogens (tertiary/aromatic N) is 1. The summed E-state index contributed by atoms with van der Waals surface area (Å²) in [5.41, 5.74) is 0.0405.